The fraction of sp³-hybridized carbons (Fsp3) is 0.400. The zero-order valence-electron chi connectivity index (χ0n) is 8.83. The summed E-state index contributed by atoms with van der Waals surface area (Å²) in [7, 11) is 1.61. The van der Waals surface area contributed by atoms with E-state index in [1.165, 1.54) is 0 Å². The van der Waals surface area contributed by atoms with Crippen molar-refractivity contribution < 1.29 is 4.79 Å². The number of halogens is 1. The molecule has 0 atom stereocenters. The second-order valence-corrected chi connectivity index (χ2v) is 3.39. The van der Waals surface area contributed by atoms with Crippen LogP contribution in [0.3, 0.4) is 0 Å². The Bertz CT molecular complexity index is 343. The monoisotopic (exact) mass is 227 g/mol. The predicted molar refractivity (Wildman–Crippen MR) is 61.2 cm³/mol. The third-order valence-corrected chi connectivity index (χ3v) is 2.23. The highest BCUT2D eigenvalue weighted by Crippen LogP contribution is 2.13. The van der Waals surface area contributed by atoms with Gasteiger partial charge in [0.15, 0.2) is 0 Å². The third-order valence-electron chi connectivity index (χ3n) is 2.02. The van der Waals surface area contributed by atoms with Crippen LogP contribution in [0.1, 0.15) is 6.92 Å². The average Bonchev–Trinajstić information content (AvgIpc) is 2.25. The molecule has 1 N–H and O–H groups in total. The summed E-state index contributed by atoms with van der Waals surface area (Å²) in [6, 6.07) is 5.36. The Morgan fingerprint density at radius 2 is 2.33 bits per heavy atom. The van der Waals surface area contributed by atoms with Gasteiger partial charge in [0.2, 0.25) is 5.91 Å². The van der Waals surface area contributed by atoms with Gasteiger partial charge in [0, 0.05) is 13.6 Å². The Morgan fingerprint density at radius 1 is 1.60 bits per heavy atom. The molecule has 1 aromatic heterocycles. The van der Waals surface area contributed by atoms with E-state index in [9.17, 15) is 4.79 Å². The third kappa shape index (κ3) is 3.40. The van der Waals surface area contributed by atoms with Crippen molar-refractivity contribution in [2.45, 2.75) is 6.92 Å². The zero-order chi connectivity index (χ0) is 11.3. The van der Waals surface area contributed by atoms with Crippen molar-refractivity contribution in [3.05, 3.63) is 23.4 Å². The van der Waals surface area contributed by atoms with Crippen LogP contribution in [-0.2, 0) is 4.79 Å². The summed E-state index contributed by atoms with van der Waals surface area (Å²) in [6.45, 7) is 2.96. The lowest BCUT2D eigenvalue weighted by Crippen LogP contribution is -2.35. The Hall–Kier alpha value is -1.29. The molecular formula is C10H14ClN3O. The fourth-order valence-electron chi connectivity index (χ4n) is 1.18. The number of aromatic nitrogens is 1. The molecule has 0 bridgehead atoms. The van der Waals surface area contributed by atoms with Gasteiger partial charge in [-0.1, -0.05) is 17.7 Å². The summed E-state index contributed by atoms with van der Waals surface area (Å²) in [5.41, 5.74) is 0. The number of likely N-dealkylation sites (N-methyl/N-ethyl adjacent to an activating group) is 2. The molecule has 0 saturated carbocycles. The minimum absolute atomic E-state index is 0.0429. The van der Waals surface area contributed by atoms with Crippen molar-refractivity contribution in [2.75, 3.05) is 25.0 Å². The predicted octanol–water partition coefficient (Wildman–Crippen LogP) is 1.31. The number of carbonyl (C=O) groups excluding carboxylic acids is 1. The number of rotatable bonds is 4. The van der Waals surface area contributed by atoms with Gasteiger partial charge in [0.25, 0.3) is 0 Å². The smallest absolute Gasteiger partial charge is 0.239 e. The Labute approximate surface area is 94.3 Å². The highest BCUT2D eigenvalue weighted by molar-refractivity contribution is 6.29. The SMILES string of the molecule is CCN(CC(=O)NC)c1cccc(Cl)n1. The summed E-state index contributed by atoms with van der Waals surface area (Å²) in [5, 5.41) is 3.01. The molecule has 0 aliphatic carbocycles. The van der Waals surface area contributed by atoms with E-state index in [-0.39, 0.29) is 5.91 Å². The van der Waals surface area contributed by atoms with E-state index in [4.69, 9.17) is 11.6 Å². The van der Waals surface area contributed by atoms with E-state index < -0.39 is 0 Å². The van der Waals surface area contributed by atoms with E-state index in [1.807, 2.05) is 24.0 Å². The normalized spacial score (nSPS) is 9.80. The first-order valence-electron chi connectivity index (χ1n) is 4.75. The van der Waals surface area contributed by atoms with E-state index in [1.54, 1.807) is 13.1 Å². The van der Waals surface area contributed by atoms with Crippen molar-refractivity contribution in [3.63, 3.8) is 0 Å². The summed E-state index contributed by atoms with van der Waals surface area (Å²) in [6.07, 6.45) is 0. The molecule has 5 heteroatoms. The number of nitrogens with zero attached hydrogens (tertiary/aromatic N) is 2. The number of anilines is 1. The molecule has 0 aliphatic rings. The van der Waals surface area contributed by atoms with E-state index in [0.717, 1.165) is 0 Å². The largest absolute Gasteiger partial charge is 0.358 e. The van der Waals surface area contributed by atoms with Crippen molar-refractivity contribution in [3.8, 4) is 0 Å². The van der Waals surface area contributed by atoms with Gasteiger partial charge in [-0.2, -0.15) is 0 Å². The first kappa shape index (κ1) is 11.8. The molecule has 0 spiro atoms. The van der Waals surface area contributed by atoms with Gasteiger partial charge in [0.05, 0.1) is 6.54 Å². The van der Waals surface area contributed by atoms with Crippen LogP contribution in [0.4, 0.5) is 5.82 Å². The molecule has 4 nitrogen and oxygen atoms in total. The first-order valence-corrected chi connectivity index (χ1v) is 5.13. The molecule has 15 heavy (non-hydrogen) atoms. The Morgan fingerprint density at radius 3 is 2.87 bits per heavy atom. The Kier molecular flexibility index (Phi) is 4.37. The molecule has 0 aliphatic heterocycles. The lowest BCUT2D eigenvalue weighted by Gasteiger charge is -2.20. The lowest BCUT2D eigenvalue weighted by molar-refractivity contribution is -0.119. The number of hydrogen-bond donors (Lipinski definition) is 1. The molecule has 0 unspecified atom stereocenters. The van der Waals surface area contributed by atoms with Crippen molar-refractivity contribution >= 4 is 23.3 Å². The average molecular weight is 228 g/mol. The number of hydrogen-bond acceptors (Lipinski definition) is 3. The summed E-state index contributed by atoms with van der Waals surface area (Å²) >= 11 is 5.78. The maximum atomic E-state index is 11.2. The minimum Gasteiger partial charge on any atom is -0.358 e. The topological polar surface area (TPSA) is 45.2 Å². The number of amides is 1. The van der Waals surface area contributed by atoms with Crippen LogP contribution in [0.15, 0.2) is 18.2 Å². The summed E-state index contributed by atoms with van der Waals surface area (Å²) in [5.74, 6) is 0.673. The molecule has 82 valence electrons. The Balaban J connectivity index is 2.78. The van der Waals surface area contributed by atoms with Gasteiger partial charge in [-0.3, -0.25) is 4.79 Å². The van der Waals surface area contributed by atoms with Crippen LogP contribution in [0, 0.1) is 0 Å². The number of nitrogens with one attached hydrogen (secondary N) is 1. The van der Waals surface area contributed by atoms with E-state index in [0.29, 0.717) is 24.1 Å². The quantitative estimate of drug-likeness (QED) is 0.789. The highest BCUT2D eigenvalue weighted by atomic mass is 35.5. The van der Waals surface area contributed by atoms with Crippen LogP contribution in [-0.4, -0.2) is 31.0 Å². The standard InChI is InChI=1S/C10H14ClN3O/c1-3-14(7-10(15)12-2)9-6-4-5-8(11)13-9/h4-6H,3,7H2,1-2H3,(H,12,15). The molecular weight excluding hydrogens is 214 g/mol. The molecule has 1 aromatic rings. The molecule has 1 heterocycles. The molecule has 0 radical (unpaired) electrons. The fourth-order valence-corrected chi connectivity index (χ4v) is 1.34. The van der Waals surface area contributed by atoms with E-state index >= 15 is 0 Å². The highest BCUT2D eigenvalue weighted by Gasteiger charge is 2.09. The van der Waals surface area contributed by atoms with Crippen LogP contribution >= 0.6 is 11.6 Å². The van der Waals surface area contributed by atoms with Gasteiger partial charge in [-0.15, -0.1) is 0 Å². The zero-order valence-corrected chi connectivity index (χ0v) is 9.58. The van der Waals surface area contributed by atoms with Gasteiger partial charge >= 0.3 is 0 Å². The number of carbonyl (C=O) groups is 1. The van der Waals surface area contributed by atoms with Crippen molar-refractivity contribution in [1.29, 1.82) is 0 Å². The second kappa shape index (κ2) is 5.56. The van der Waals surface area contributed by atoms with Crippen molar-refractivity contribution in [1.82, 2.24) is 10.3 Å². The van der Waals surface area contributed by atoms with Crippen molar-refractivity contribution in [2.24, 2.45) is 0 Å². The lowest BCUT2D eigenvalue weighted by atomic mass is 10.4. The second-order valence-electron chi connectivity index (χ2n) is 3.01. The van der Waals surface area contributed by atoms with Gasteiger partial charge < -0.3 is 10.2 Å². The molecule has 0 aromatic carbocycles. The maximum Gasteiger partial charge on any atom is 0.239 e. The van der Waals surface area contributed by atoms with Gasteiger partial charge in [-0.25, -0.2) is 4.98 Å². The molecule has 1 rings (SSSR count). The van der Waals surface area contributed by atoms with E-state index in [2.05, 4.69) is 10.3 Å². The minimum atomic E-state index is -0.0429. The molecule has 1 amide bonds. The summed E-state index contributed by atoms with van der Waals surface area (Å²) in [4.78, 5) is 17.2. The van der Waals surface area contributed by atoms with Crippen LogP contribution < -0.4 is 10.2 Å². The molecule has 0 saturated heterocycles. The molecule has 0 fully saturated rings. The van der Waals surface area contributed by atoms with Crippen LogP contribution in [0.5, 0.6) is 0 Å². The maximum absolute atomic E-state index is 11.2. The van der Waals surface area contributed by atoms with Crippen LogP contribution in [0.25, 0.3) is 0 Å². The summed E-state index contributed by atoms with van der Waals surface area (Å²) < 4.78 is 0. The van der Waals surface area contributed by atoms with Gasteiger partial charge in [0.1, 0.15) is 11.0 Å². The number of pyridine rings is 1. The van der Waals surface area contributed by atoms with Gasteiger partial charge in [-0.05, 0) is 19.1 Å². The van der Waals surface area contributed by atoms with Crippen LogP contribution in [0.2, 0.25) is 5.15 Å². The first-order chi connectivity index (χ1) is 7.17.